The first kappa shape index (κ1) is 13.2. The number of carbonyl (C=O) groups is 2. The summed E-state index contributed by atoms with van der Waals surface area (Å²) in [5, 5.41) is 8.58. The average Bonchev–Trinajstić information content (AvgIpc) is 2.27. The third-order valence-corrected chi connectivity index (χ3v) is 2.53. The molecule has 0 aliphatic heterocycles. The zero-order valence-electron chi connectivity index (χ0n) is 10.1. The van der Waals surface area contributed by atoms with Crippen molar-refractivity contribution in [2.45, 2.75) is 26.2 Å². The van der Waals surface area contributed by atoms with Gasteiger partial charge in [-0.3, -0.25) is 9.59 Å². The highest BCUT2D eigenvalue weighted by atomic mass is 16.4. The quantitative estimate of drug-likeness (QED) is 0.627. The Morgan fingerprint density at radius 3 is 2.18 bits per heavy atom. The van der Waals surface area contributed by atoms with Crippen LogP contribution < -0.4 is 0 Å². The van der Waals surface area contributed by atoms with E-state index in [4.69, 9.17) is 5.11 Å². The highest BCUT2D eigenvalue weighted by molar-refractivity contribution is 6.10. The van der Waals surface area contributed by atoms with Gasteiger partial charge in [-0.05, 0) is 11.5 Å². The van der Waals surface area contributed by atoms with Gasteiger partial charge in [0.15, 0.2) is 5.78 Å². The molecule has 0 amide bonds. The minimum absolute atomic E-state index is 0.106. The molecular weight excluding hydrogens is 216 g/mol. The smallest absolute Gasteiger partial charge is 0.307 e. The van der Waals surface area contributed by atoms with Gasteiger partial charge < -0.3 is 5.11 Å². The largest absolute Gasteiger partial charge is 0.481 e. The van der Waals surface area contributed by atoms with Crippen LogP contribution in [0.5, 0.6) is 0 Å². The average molecular weight is 232 g/mol. The first-order valence-electron chi connectivity index (χ1n) is 5.46. The molecule has 0 spiro atoms. The Morgan fingerprint density at radius 1 is 1.24 bits per heavy atom. The Balaban J connectivity index is 2.83. The lowest BCUT2D eigenvalue weighted by Gasteiger charge is -2.07. The summed E-state index contributed by atoms with van der Waals surface area (Å²) < 4.78 is 0. The molecule has 0 radical (unpaired) electrons. The second-order valence-electron chi connectivity index (χ2n) is 4.28. The van der Waals surface area contributed by atoms with Crippen LogP contribution >= 0.6 is 0 Å². The molecular formula is C14H16O3. The number of Topliss-reactive ketones (excluding diaryl/α,β-unsaturated/α-hetero) is 1. The molecule has 0 atom stereocenters. The highest BCUT2D eigenvalue weighted by Crippen LogP contribution is 2.17. The predicted molar refractivity (Wildman–Crippen MR) is 66.3 cm³/mol. The van der Waals surface area contributed by atoms with Crippen molar-refractivity contribution in [3.63, 3.8) is 0 Å². The van der Waals surface area contributed by atoms with Crippen molar-refractivity contribution in [1.29, 1.82) is 0 Å². The van der Waals surface area contributed by atoms with E-state index in [0.717, 1.165) is 5.56 Å². The lowest BCUT2D eigenvalue weighted by Crippen LogP contribution is -2.07. The molecule has 0 aromatic heterocycles. The first-order valence-corrected chi connectivity index (χ1v) is 5.46. The van der Waals surface area contributed by atoms with Gasteiger partial charge >= 0.3 is 5.97 Å². The summed E-state index contributed by atoms with van der Waals surface area (Å²) in [6.07, 6.45) is -0.315. The second-order valence-corrected chi connectivity index (χ2v) is 4.28. The van der Waals surface area contributed by atoms with Gasteiger partial charge in [-0.25, -0.2) is 0 Å². The molecule has 0 saturated carbocycles. The van der Waals surface area contributed by atoms with Crippen molar-refractivity contribution in [2.75, 3.05) is 0 Å². The van der Waals surface area contributed by atoms with E-state index in [2.05, 4.69) is 20.4 Å². The van der Waals surface area contributed by atoms with E-state index in [-0.39, 0.29) is 17.8 Å². The summed E-state index contributed by atoms with van der Waals surface area (Å²) in [6, 6.07) is 7.19. The Bertz CT molecular complexity index is 441. The van der Waals surface area contributed by atoms with Crippen molar-refractivity contribution in [3.8, 4) is 0 Å². The number of benzene rings is 1. The van der Waals surface area contributed by atoms with E-state index < -0.39 is 5.97 Å². The lowest BCUT2D eigenvalue weighted by molar-refractivity contribution is -0.136. The maximum absolute atomic E-state index is 11.8. The fourth-order valence-corrected chi connectivity index (χ4v) is 1.49. The Hall–Kier alpha value is -1.90. The highest BCUT2D eigenvalue weighted by Gasteiger charge is 2.13. The molecule has 1 rings (SSSR count). The van der Waals surface area contributed by atoms with Gasteiger partial charge in [-0.1, -0.05) is 44.7 Å². The molecule has 90 valence electrons. The minimum Gasteiger partial charge on any atom is -0.481 e. The summed E-state index contributed by atoms with van der Waals surface area (Å²) in [5.41, 5.74) is 1.74. The van der Waals surface area contributed by atoms with E-state index in [1.165, 1.54) is 0 Å². The van der Waals surface area contributed by atoms with Crippen LogP contribution in [0.4, 0.5) is 0 Å². The number of hydrogen-bond acceptors (Lipinski definition) is 2. The third-order valence-electron chi connectivity index (χ3n) is 2.53. The summed E-state index contributed by atoms with van der Waals surface area (Å²) in [4.78, 5) is 22.3. The maximum Gasteiger partial charge on any atom is 0.307 e. The van der Waals surface area contributed by atoms with Crippen LogP contribution in [0, 0.1) is 0 Å². The number of carboxylic acids is 1. The molecule has 3 heteroatoms. The molecule has 0 aliphatic carbocycles. The molecule has 0 saturated heterocycles. The van der Waals surface area contributed by atoms with Crippen LogP contribution in [0.3, 0.4) is 0 Å². The lowest BCUT2D eigenvalue weighted by atomic mass is 9.97. The molecule has 0 heterocycles. The summed E-state index contributed by atoms with van der Waals surface area (Å²) in [5.74, 6) is -0.939. The van der Waals surface area contributed by atoms with Crippen LogP contribution in [-0.4, -0.2) is 16.9 Å². The van der Waals surface area contributed by atoms with Crippen LogP contribution in [0.15, 0.2) is 36.4 Å². The van der Waals surface area contributed by atoms with Crippen molar-refractivity contribution >= 4 is 11.8 Å². The number of ketones is 1. The molecule has 1 aromatic carbocycles. The zero-order chi connectivity index (χ0) is 13.0. The molecule has 0 unspecified atom stereocenters. The molecule has 1 N–H and O–H groups in total. The SMILES string of the molecule is C=C(CC(=O)O)C(=O)c1ccc(C(C)C)cc1. The fraction of sp³-hybridized carbons (Fsp3) is 0.286. The number of hydrogen-bond donors (Lipinski definition) is 1. The van der Waals surface area contributed by atoms with Gasteiger partial charge in [0.1, 0.15) is 0 Å². The van der Waals surface area contributed by atoms with Crippen molar-refractivity contribution in [2.24, 2.45) is 0 Å². The molecule has 0 fully saturated rings. The van der Waals surface area contributed by atoms with Gasteiger partial charge in [0.05, 0.1) is 6.42 Å². The van der Waals surface area contributed by atoms with E-state index >= 15 is 0 Å². The van der Waals surface area contributed by atoms with Crippen molar-refractivity contribution in [1.82, 2.24) is 0 Å². The van der Waals surface area contributed by atoms with Crippen LogP contribution in [0.2, 0.25) is 0 Å². The van der Waals surface area contributed by atoms with E-state index in [1.807, 2.05) is 12.1 Å². The van der Waals surface area contributed by atoms with Crippen molar-refractivity contribution < 1.29 is 14.7 Å². The number of aliphatic carboxylic acids is 1. The number of rotatable bonds is 5. The Morgan fingerprint density at radius 2 is 1.76 bits per heavy atom. The molecule has 0 bridgehead atoms. The molecule has 3 nitrogen and oxygen atoms in total. The third kappa shape index (κ3) is 3.55. The van der Waals surface area contributed by atoms with Gasteiger partial charge in [-0.2, -0.15) is 0 Å². The summed E-state index contributed by atoms with van der Waals surface area (Å²) in [7, 11) is 0. The van der Waals surface area contributed by atoms with Crippen LogP contribution in [-0.2, 0) is 4.79 Å². The zero-order valence-corrected chi connectivity index (χ0v) is 10.1. The Labute approximate surface area is 101 Å². The number of carbonyl (C=O) groups excluding carboxylic acids is 1. The standard InChI is InChI=1S/C14H16O3/c1-9(2)11-4-6-12(7-5-11)14(17)10(3)8-13(15)16/h4-7,9H,3,8H2,1-2H3,(H,15,16). The van der Waals surface area contributed by atoms with Crippen LogP contribution in [0.25, 0.3) is 0 Å². The summed E-state index contributed by atoms with van der Waals surface area (Å²) >= 11 is 0. The maximum atomic E-state index is 11.8. The summed E-state index contributed by atoms with van der Waals surface area (Å²) in [6.45, 7) is 7.64. The minimum atomic E-state index is -1.04. The van der Waals surface area contributed by atoms with Gasteiger partial charge in [0.2, 0.25) is 0 Å². The van der Waals surface area contributed by atoms with Gasteiger partial charge in [0, 0.05) is 11.1 Å². The van der Waals surface area contributed by atoms with Crippen molar-refractivity contribution in [3.05, 3.63) is 47.5 Å². The fourth-order valence-electron chi connectivity index (χ4n) is 1.49. The second kappa shape index (κ2) is 5.43. The van der Waals surface area contributed by atoms with E-state index in [0.29, 0.717) is 11.5 Å². The first-order chi connectivity index (χ1) is 7.91. The van der Waals surface area contributed by atoms with E-state index in [1.54, 1.807) is 12.1 Å². The van der Waals surface area contributed by atoms with Gasteiger partial charge in [0.25, 0.3) is 0 Å². The monoisotopic (exact) mass is 232 g/mol. The molecule has 17 heavy (non-hydrogen) atoms. The topological polar surface area (TPSA) is 54.4 Å². The number of carboxylic acid groups (broad SMARTS) is 1. The van der Waals surface area contributed by atoms with Crippen LogP contribution in [0.1, 0.15) is 42.1 Å². The predicted octanol–water partition coefficient (Wildman–Crippen LogP) is 3.02. The van der Waals surface area contributed by atoms with Gasteiger partial charge in [-0.15, -0.1) is 0 Å². The molecule has 0 aliphatic rings. The normalized spacial score (nSPS) is 10.3. The van der Waals surface area contributed by atoms with E-state index in [9.17, 15) is 9.59 Å². The Kier molecular flexibility index (Phi) is 4.21. The molecule has 1 aromatic rings.